The number of alkyl halides is 2. The first-order valence-electron chi connectivity index (χ1n) is 5.80. The maximum atomic E-state index is 13.0. The van der Waals surface area contributed by atoms with Crippen LogP contribution in [0.1, 0.15) is 5.69 Å². The van der Waals surface area contributed by atoms with Gasteiger partial charge in [-0.1, -0.05) is 0 Å². The smallest absolute Gasteiger partial charge is 0.287 e. The molecule has 1 aromatic carbocycles. The minimum atomic E-state index is -3.16. The fourth-order valence-corrected chi connectivity index (χ4v) is 1.80. The van der Waals surface area contributed by atoms with Crippen molar-refractivity contribution in [2.45, 2.75) is 12.8 Å². The SMILES string of the molecule is Cc1cc2c(NCC(F)(F)CO)ccc(N)c2cn1. The van der Waals surface area contributed by atoms with Crippen LogP contribution in [0.4, 0.5) is 20.2 Å². The van der Waals surface area contributed by atoms with Crippen molar-refractivity contribution < 1.29 is 13.9 Å². The van der Waals surface area contributed by atoms with Crippen LogP contribution in [0.5, 0.6) is 0 Å². The average molecular weight is 267 g/mol. The molecule has 6 heteroatoms. The number of aliphatic hydroxyl groups excluding tert-OH is 1. The lowest BCUT2D eigenvalue weighted by Gasteiger charge is -2.16. The number of benzene rings is 1. The number of halogens is 2. The van der Waals surface area contributed by atoms with Gasteiger partial charge in [-0.05, 0) is 25.1 Å². The Hall–Kier alpha value is -1.95. The van der Waals surface area contributed by atoms with Crippen molar-refractivity contribution in [2.24, 2.45) is 0 Å². The zero-order valence-corrected chi connectivity index (χ0v) is 10.5. The third-order valence-electron chi connectivity index (χ3n) is 2.84. The van der Waals surface area contributed by atoms with Crippen molar-refractivity contribution in [3.63, 3.8) is 0 Å². The number of aliphatic hydroxyl groups is 1. The van der Waals surface area contributed by atoms with Gasteiger partial charge in [-0.25, -0.2) is 8.78 Å². The summed E-state index contributed by atoms with van der Waals surface area (Å²) in [5.74, 6) is -3.16. The van der Waals surface area contributed by atoms with E-state index in [1.54, 1.807) is 24.4 Å². The largest absolute Gasteiger partial charge is 0.398 e. The number of nitrogens with two attached hydrogens (primary N) is 1. The van der Waals surface area contributed by atoms with Crippen LogP contribution in [-0.2, 0) is 0 Å². The first kappa shape index (κ1) is 13.5. The fraction of sp³-hybridized carbons (Fsp3) is 0.308. The fourth-order valence-electron chi connectivity index (χ4n) is 1.80. The van der Waals surface area contributed by atoms with Gasteiger partial charge in [0, 0.05) is 34.0 Å². The van der Waals surface area contributed by atoms with Crippen LogP contribution in [0.25, 0.3) is 10.8 Å². The molecule has 0 radical (unpaired) electrons. The van der Waals surface area contributed by atoms with Crippen LogP contribution in [-0.4, -0.2) is 29.2 Å². The van der Waals surface area contributed by atoms with Crippen molar-refractivity contribution in [1.29, 1.82) is 0 Å². The summed E-state index contributed by atoms with van der Waals surface area (Å²) in [4.78, 5) is 4.14. The molecule has 0 bridgehead atoms. The number of pyridine rings is 1. The van der Waals surface area contributed by atoms with E-state index in [2.05, 4.69) is 10.3 Å². The molecule has 0 fully saturated rings. The van der Waals surface area contributed by atoms with E-state index in [1.165, 1.54) is 0 Å². The number of hydrogen-bond donors (Lipinski definition) is 3. The summed E-state index contributed by atoms with van der Waals surface area (Å²) in [5, 5.41) is 12.6. The van der Waals surface area contributed by atoms with Gasteiger partial charge in [0.05, 0.1) is 6.54 Å². The molecule has 0 saturated heterocycles. The second kappa shape index (κ2) is 4.97. The molecule has 0 unspecified atom stereocenters. The van der Waals surface area contributed by atoms with Gasteiger partial charge in [0.25, 0.3) is 5.92 Å². The van der Waals surface area contributed by atoms with E-state index < -0.39 is 19.1 Å². The zero-order valence-electron chi connectivity index (χ0n) is 10.5. The van der Waals surface area contributed by atoms with Gasteiger partial charge in [-0.15, -0.1) is 0 Å². The summed E-state index contributed by atoms with van der Waals surface area (Å²) < 4.78 is 26.1. The molecule has 0 saturated carbocycles. The number of hydrogen-bond acceptors (Lipinski definition) is 4. The molecular formula is C13H15F2N3O. The number of aromatic nitrogens is 1. The summed E-state index contributed by atoms with van der Waals surface area (Å²) in [7, 11) is 0. The Morgan fingerprint density at radius 2 is 2.11 bits per heavy atom. The average Bonchev–Trinajstić information content (AvgIpc) is 2.38. The number of anilines is 2. The Bertz CT molecular complexity index is 602. The van der Waals surface area contributed by atoms with Crippen molar-refractivity contribution in [3.05, 3.63) is 30.1 Å². The maximum Gasteiger partial charge on any atom is 0.287 e. The summed E-state index contributed by atoms with van der Waals surface area (Å²) >= 11 is 0. The number of fused-ring (bicyclic) bond motifs is 1. The number of nitrogen functional groups attached to an aromatic ring is 1. The molecule has 1 heterocycles. The third-order valence-corrected chi connectivity index (χ3v) is 2.84. The third kappa shape index (κ3) is 2.90. The first-order valence-corrected chi connectivity index (χ1v) is 5.80. The standard InChI is InChI=1S/C13H15F2N3O/c1-8-4-9-10(5-17-8)11(16)2-3-12(9)18-6-13(14,15)7-19/h2-5,18-19H,6-7,16H2,1H3. The molecule has 0 aliphatic carbocycles. The highest BCUT2D eigenvalue weighted by Gasteiger charge is 2.27. The quantitative estimate of drug-likeness (QED) is 0.742. The zero-order chi connectivity index (χ0) is 14.0. The Balaban J connectivity index is 2.38. The Morgan fingerprint density at radius 1 is 1.37 bits per heavy atom. The van der Waals surface area contributed by atoms with Crippen molar-refractivity contribution in [2.75, 3.05) is 24.2 Å². The number of aryl methyl sites for hydroxylation is 1. The molecule has 0 atom stereocenters. The molecule has 1 aromatic heterocycles. The molecule has 0 spiro atoms. The lowest BCUT2D eigenvalue weighted by atomic mass is 10.1. The van der Waals surface area contributed by atoms with E-state index in [1.807, 2.05) is 6.92 Å². The monoisotopic (exact) mass is 267 g/mol. The van der Waals surface area contributed by atoms with Gasteiger partial charge in [0.15, 0.2) is 0 Å². The van der Waals surface area contributed by atoms with Crippen LogP contribution in [0.3, 0.4) is 0 Å². The molecule has 0 aliphatic rings. The second-order valence-electron chi connectivity index (χ2n) is 4.44. The van der Waals surface area contributed by atoms with Crippen LogP contribution < -0.4 is 11.1 Å². The Kier molecular flexibility index (Phi) is 3.53. The minimum Gasteiger partial charge on any atom is -0.398 e. The normalized spacial score (nSPS) is 11.8. The minimum absolute atomic E-state index is 0.543. The molecule has 4 nitrogen and oxygen atoms in total. The number of nitrogens with one attached hydrogen (secondary N) is 1. The topological polar surface area (TPSA) is 71.2 Å². The van der Waals surface area contributed by atoms with Crippen molar-refractivity contribution >= 4 is 22.1 Å². The second-order valence-corrected chi connectivity index (χ2v) is 4.44. The van der Waals surface area contributed by atoms with Crippen LogP contribution in [0.15, 0.2) is 24.4 Å². The summed E-state index contributed by atoms with van der Waals surface area (Å²) in [5.41, 5.74) is 7.69. The highest BCUT2D eigenvalue weighted by molar-refractivity contribution is 6.00. The van der Waals surface area contributed by atoms with Gasteiger partial charge in [-0.3, -0.25) is 4.98 Å². The maximum absolute atomic E-state index is 13.0. The highest BCUT2D eigenvalue weighted by atomic mass is 19.3. The van der Waals surface area contributed by atoms with Crippen LogP contribution >= 0.6 is 0 Å². The molecule has 2 aromatic rings. The Morgan fingerprint density at radius 3 is 2.79 bits per heavy atom. The molecule has 4 N–H and O–H groups in total. The van der Waals surface area contributed by atoms with Gasteiger partial charge < -0.3 is 16.2 Å². The van der Waals surface area contributed by atoms with Gasteiger partial charge in [-0.2, -0.15) is 0 Å². The summed E-state index contributed by atoms with van der Waals surface area (Å²) in [6, 6.07) is 5.06. The van der Waals surface area contributed by atoms with E-state index >= 15 is 0 Å². The molecule has 2 rings (SSSR count). The number of rotatable bonds is 4. The molecule has 102 valence electrons. The molecule has 0 amide bonds. The van der Waals surface area contributed by atoms with Crippen molar-refractivity contribution in [3.8, 4) is 0 Å². The Labute approximate surface area is 109 Å². The predicted octanol–water partition coefficient (Wildman–Crippen LogP) is 2.16. The van der Waals surface area contributed by atoms with E-state index in [4.69, 9.17) is 10.8 Å². The van der Waals surface area contributed by atoms with Gasteiger partial charge >= 0.3 is 0 Å². The van der Waals surface area contributed by atoms with Crippen molar-refractivity contribution in [1.82, 2.24) is 4.98 Å². The summed E-state index contributed by atoms with van der Waals surface area (Å²) in [6.07, 6.45) is 1.62. The molecule has 0 aliphatic heterocycles. The van der Waals surface area contributed by atoms with Gasteiger partial charge in [0.1, 0.15) is 6.61 Å². The number of nitrogens with zero attached hydrogens (tertiary/aromatic N) is 1. The predicted molar refractivity (Wildman–Crippen MR) is 71.4 cm³/mol. The van der Waals surface area contributed by atoms with Gasteiger partial charge in [0.2, 0.25) is 0 Å². The first-order chi connectivity index (χ1) is 8.93. The van der Waals surface area contributed by atoms with E-state index in [0.717, 1.165) is 11.1 Å². The van der Waals surface area contributed by atoms with Crippen LogP contribution in [0.2, 0.25) is 0 Å². The van der Waals surface area contributed by atoms with E-state index in [9.17, 15) is 8.78 Å². The molecule has 19 heavy (non-hydrogen) atoms. The molecular weight excluding hydrogens is 252 g/mol. The lowest BCUT2D eigenvalue weighted by molar-refractivity contribution is -0.0372. The summed E-state index contributed by atoms with van der Waals surface area (Å²) in [6.45, 7) is -0.00782. The van der Waals surface area contributed by atoms with E-state index in [-0.39, 0.29) is 0 Å². The van der Waals surface area contributed by atoms with E-state index in [0.29, 0.717) is 16.8 Å². The highest BCUT2D eigenvalue weighted by Crippen LogP contribution is 2.29. The van der Waals surface area contributed by atoms with Crippen LogP contribution in [0, 0.1) is 6.92 Å². The lowest BCUT2D eigenvalue weighted by Crippen LogP contribution is -2.31.